The minimum absolute atomic E-state index is 0.131. The molecule has 0 atom stereocenters. The Morgan fingerprint density at radius 1 is 1.00 bits per heavy atom. The van der Waals surface area contributed by atoms with Crippen LogP contribution in [0.4, 0.5) is 0 Å². The maximum absolute atomic E-state index is 12.8. The van der Waals surface area contributed by atoms with Gasteiger partial charge in [-0.3, -0.25) is 14.6 Å². The van der Waals surface area contributed by atoms with Crippen molar-refractivity contribution in [3.05, 3.63) is 60.2 Å². The Bertz CT molecular complexity index is 993. The van der Waals surface area contributed by atoms with Crippen LogP contribution < -0.4 is 5.32 Å². The molecule has 1 N–H and O–H groups in total. The molecule has 0 bridgehead atoms. The molecule has 1 aromatic carbocycles. The fraction of sp³-hybridized carbons (Fsp3) is 0.364. The number of benzene rings is 1. The van der Waals surface area contributed by atoms with Crippen molar-refractivity contribution in [3.8, 4) is 0 Å². The number of pyridine rings is 1. The molecule has 0 radical (unpaired) electrons. The molecule has 4 rings (SSSR count). The molecule has 150 valence electrons. The zero-order valence-electron chi connectivity index (χ0n) is 16.4. The van der Waals surface area contributed by atoms with E-state index in [1.807, 2.05) is 33.7 Å². The third kappa shape index (κ3) is 4.45. The van der Waals surface area contributed by atoms with E-state index in [0.717, 1.165) is 42.8 Å². The normalized spacial score (nSPS) is 14.1. The number of imidazole rings is 1. The molecule has 1 aliphatic rings. The highest BCUT2D eigenvalue weighted by molar-refractivity contribution is 5.92. The summed E-state index contributed by atoms with van der Waals surface area (Å²) in [4.78, 5) is 35.8. The van der Waals surface area contributed by atoms with Crippen molar-refractivity contribution < 1.29 is 9.59 Å². The molecule has 7 heteroatoms. The number of nitrogens with zero attached hydrogens (tertiary/aromatic N) is 4. The van der Waals surface area contributed by atoms with E-state index in [2.05, 4.69) is 10.3 Å². The van der Waals surface area contributed by atoms with Gasteiger partial charge >= 0.3 is 0 Å². The van der Waals surface area contributed by atoms with Gasteiger partial charge in [0.2, 0.25) is 5.91 Å². The van der Waals surface area contributed by atoms with Crippen LogP contribution in [0.25, 0.3) is 11.0 Å². The summed E-state index contributed by atoms with van der Waals surface area (Å²) in [5.41, 5.74) is 2.20. The molecule has 1 fully saturated rings. The molecule has 0 spiro atoms. The molecule has 1 saturated heterocycles. The van der Waals surface area contributed by atoms with Crippen LogP contribution in [0.1, 0.15) is 35.6 Å². The molecule has 2 aromatic heterocycles. The summed E-state index contributed by atoms with van der Waals surface area (Å²) in [6.45, 7) is 2.38. The average Bonchev–Trinajstić information content (AvgIpc) is 3.12. The zero-order valence-corrected chi connectivity index (χ0v) is 16.4. The van der Waals surface area contributed by atoms with Crippen molar-refractivity contribution in [2.24, 2.45) is 0 Å². The largest absolute Gasteiger partial charge is 0.350 e. The lowest BCUT2D eigenvalue weighted by atomic mass is 10.1. The van der Waals surface area contributed by atoms with Crippen molar-refractivity contribution in [1.29, 1.82) is 0 Å². The van der Waals surface area contributed by atoms with Crippen LogP contribution in [0.15, 0.2) is 48.7 Å². The maximum Gasteiger partial charge on any atom is 0.269 e. The molecule has 0 unspecified atom stereocenters. The molecule has 3 heterocycles. The van der Waals surface area contributed by atoms with Crippen molar-refractivity contribution >= 4 is 22.8 Å². The second-order valence-electron chi connectivity index (χ2n) is 7.27. The summed E-state index contributed by atoms with van der Waals surface area (Å²) < 4.78 is 1.99. The summed E-state index contributed by atoms with van der Waals surface area (Å²) in [5.74, 6) is 0.724. The molecular weight excluding hydrogens is 366 g/mol. The van der Waals surface area contributed by atoms with Gasteiger partial charge in [-0.2, -0.15) is 0 Å². The molecule has 2 amide bonds. The van der Waals surface area contributed by atoms with Crippen LogP contribution in [0.5, 0.6) is 0 Å². The highest BCUT2D eigenvalue weighted by Crippen LogP contribution is 2.18. The first kappa shape index (κ1) is 19.1. The third-order valence-electron chi connectivity index (χ3n) is 5.27. The summed E-state index contributed by atoms with van der Waals surface area (Å²) in [6.07, 6.45) is 5.48. The SMILES string of the molecule is O=C(NCCc1nc2ccccc2n1CC(=O)N1CCCCC1)c1ccccn1. The number of nitrogens with one attached hydrogen (secondary N) is 1. The number of carbonyl (C=O) groups excluding carboxylic acids is 2. The van der Waals surface area contributed by atoms with Crippen molar-refractivity contribution in [2.45, 2.75) is 32.2 Å². The number of rotatable bonds is 6. The van der Waals surface area contributed by atoms with E-state index >= 15 is 0 Å². The van der Waals surface area contributed by atoms with Gasteiger partial charge in [0.05, 0.1) is 11.0 Å². The monoisotopic (exact) mass is 391 g/mol. The Labute approximate surface area is 169 Å². The second kappa shape index (κ2) is 8.86. The second-order valence-corrected chi connectivity index (χ2v) is 7.27. The Morgan fingerprint density at radius 3 is 2.59 bits per heavy atom. The van der Waals surface area contributed by atoms with E-state index in [0.29, 0.717) is 18.7 Å². The summed E-state index contributed by atoms with van der Waals surface area (Å²) >= 11 is 0. The number of fused-ring (bicyclic) bond motifs is 1. The third-order valence-corrected chi connectivity index (χ3v) is 5.27. The van der Waals surface area contributed by atoms with Crippen molar-refractivity contribution in [2.75, 3.05) is 19.6 Å². The van der Waals surface area contributed by atoms with Gasteiger partial charge in [0.15, 0.2) is 0 Å². The fourth-order valence-corrected chi connectivity index (χ4v) is 3.75. The van der Waals surface area contributed by atoms with E-state index in [1.165, 1.54) is 6.42 Å². The zero-order chi connectivity index (χ0) is 20.1. The van der Waals surface area contributed by atoms with Crippen LogP contribution in [0.3, 0.4) is 0 Å². The van der Waals surface area contributed by atoms with Gasteiger partial charge < -0.3 is 14.8 Å². The highest BCUT2D eigenvalue weighted by Gasteiger charge is 2.20. The van der Waals surface area contributed by atoms with Gasteiger partial charge in [0, 0.05) is 32.3 Å². The number of likely N-dealkylation sites (tertiary alicyclic amines) is 1. The number of para-hydroxylation sites is 2. The molecule has 0 saturated carbocycles. The van der Waals surface area contributed by atoms with Crippen LogP contribution >= 0.6 is 0 Å². The molecular formula is C22H25N5O2. The topological polar surface area (TPSA) is 80.1 Å². The Hall–Kier alpha value is -3.22. The first-order valence-electron chi connectivity index (χ1n) is 10.1. The first-order valence-corrected chi connectivity index (χ1v) is 10.1. The fourth-order valence-electron chi connectivity index (χ4n) is 3.75. The first-order chi connectivity index (χ1) is 14.2. The molecule has 1 aliphatic heterocycles. The predicted molar refractivity (Wildman–Crippen MR) is 110 cm³/mol. The molecule has 29 heavy (non-hydrogen) atoms. The Morgan fingerprint density at radius 2 is 1.79 bits per heavy atom. The number of amides is 2. The minimum Gasteiger partial charge on any atom is -0.350 e. The number of hydrogen-bond donors (Lipinski definition) is 1. The van der Waals surface area contributed by atoms with Crippen molar-refractivity contribution in [1.82, 2.24) is 24.8 Å². The minimum atomic E-state index is -0.211. The quantitative estimate of drug-likeness (QED) is 0.700. The molecule has 3 aromatic rings. The van der Waals surface area contributed by atoms with Gasteiger partial charge in [-0.05, 0) is 43.5 Å². The summed E-state index contributed by atoms with van der Waals surface area (Å²) in [6, 6.07) is 13.1. The van der Waals surface area contributed by atoms with Crippen molar-refractivity contribution in [3.63, 3.8) is 0 Å². The lowest BCUT2D eigenvalue weighted by Gasteiger charge is -2.27. The number of aromatic nitrogens is 3. The van der Waals surface area contributed by atoms with E-state index < -0.39 is 0 Å². The Balaban J connectivity index is 1.47. The molecule has 7 nitrogen and oxygen atoms in total. The van der Waals surface area contributed by atoms with Gasteiger partial charge in [0.1, 0.15) is 18.1 Å². The summed E-state index contributed by atoms with van der Waals surface area (Å²) in [7, 11) is 0. The lowest BCUT2D eigenvalue weighted by Crippen LogP contribution is -2.38. The van der Waals surface area contributed by atoms with Crippen LogP contribution in [-0.2, 0) is 17.8 Å². The van der Waals surface area contributed by atoms with Crippen LogP contribution in [0, 0.1) is 0 Å². The van der Waals surface area contributed by atoms with E-state index in [1.54, 1.807) is 24.4 Å². The maximum atomic E-state index is 12.8. The highest BCUT2D eigenvalue weighted by atomic mass is 16.2. The van der Waals surface area contributed by atoms with Crippen LogP contribution in [-0.4, -0.2) is 50.9 Å². The number of piperidine rings is 1. The van der Waals surface area contributed by atoms with Crippen LogP contribution in [0.2, 0.25) is 0 Å². The smallest absolute Gasteiger partial charge is 0.269 e. The van der Waals surface area contributed by atoms with E-state index in [9.17, 15) is 9.59 Å². The predicted octanol–water partition coefficient (Wildman–Crippen LogP) is 2.42. The number of hydrogen-bond acceptors (Lipinski definition) is 4. The van der Waals surface area contributed by atoms with Gasteiger partial charge in [-0.25, -0.2) is 4.98 Å². The van der Waals surface area contributed by atoms with Gasteiger partial charge in [0.25, 0.3) is 5.91 Å². The number of carbonyl (C=O) groups is 2. The summed E-state index contributed by atoms with van der Waals surface area (Å²) in [5, 5.41) is 2.89. The lowest BCUT2D eigenvalue weighted by molar-refractivity contribution is -0.132. The van der Waals surface area contributed by atoms with Gasteiger partial charge in [-0.1, -0.05) is 18.2 Å². The Kier molecular flexibility index (Phi) is 5.84. The standard InChI is InChI=1S/C22H25N5O2/c28-21(26-14-6-1-7-15-26)16-27-19-10-3-2-8-17(19)25-20(27)11-13-24-22(29)18-9-4-5-12-23-18/h2-5,8-10,12H,1,6-7,11,13-16H2,(H,24,29). The average molecular weight is 391 g/mol. The van der Waals surface area contributed by atoms with Gasteiger partial charge in [-0.15, -0.1) is 0 Å². The van der Waals surface area contributed by atoms with E-state index in [4.69, 9.17) is 4.98 Å². The molecule has 0 aliphatic carbocycles. The van der Waals surface area contributed by atoms with E-state index in [-0.39, 0.29) is 18.4 Å².